The Morgan fingerprint density at radius 3 is 2.60 bits per heavy atom. The summed E-state index contributed by atoms with van der Waals surface area (Å²) >= 11 is 1.90. The van der Waals surface area contributed by atoms with Gasteiger partial charge in [0.15, 0.2) is 0 Å². The maximum Gasteiger partial charge on any atom is 0.0364 e. The molecule has 0 aliphatic carbocycles. The van der Waals surface area contributed by atoms with Crippen LogP contribution in [0.3, 0.4) is 0 Å². The van der Waals surface area contributed by atoms with Gasteiger partial charge in [-0.05, 0) is 38.3 Å². The lowest BCUT2D eigenvalue weighted by Crippen LogP contribution is -2.41. The highest BCUT2D eigenvalue weighted by atomic mass is 32.1. The van der Waals surface area contributed by atoms with Crippen molar-refractivity contribution in [2.45, 2.75) is 39.7 Å². The van der Waals surface area contributed by atoms with Crippen LogP contribution < -0.4 is 5.43 Å². The Morgan fingerprint density at radius 1 is 1.27 bits per heavy atom. The molecule has 1 N–H and O–H groups in total. The minimum atomic E-state index is 0.996. The van der Waals surface area contributed by atoms with E-state index >= 15 is 0 Å². The molecule has 3 heteroatoms. The van der Waals surface area contributed by atoms with Crippen LogP contribution in [-0.2, 0) is 6.54 Å². The number of piperidine rings is 1. The highest BCUT2D eigenvalue weighted by molar-refractivity contribution is 7.12. The first-order valence-electron chi connectivity index (χ1n) is 5.80. The summed E-state index contributed by atoms with van der Waals surface area (Å²) in [6, 6.07) is 2.30. The van der Waals surface area contributed by atoms with Crippen LogP contribution in [0, 0.1) is 13.8 Å². The van der Waals surface area contributed by atoms with Gasteiger partial charge in [-0.15, -0.1) is 11.3 Å². The van der Waals surface area contributed by atoms with Crippen molar-refractivity contribution in [3.63, 3.8) is 0 Å². The van der Waals surface area contributed by atoms with Crippen molar-refractivity contribution < 1.29 is 0 Å². The Hall–Kier alpha value is -0.380. The maximum atomic E-state index is 3.53. The Labute approximate surface area is 96.3 Å². The molecular weight excluding hydrogens is 204 g/mol. The topological polar surface area (TPSA) is 15.3 Å². The van der Waals surface area contributed by atoms with Gasteiger partial charge in [0, 0.05) is 29.4 Å². The van der Waals surface area contributed by atoms with Crippen LogP contribution >= 0.6 is 11.3 Å². The third-order valence-corrected chi connectivity index (χ3v) is 4.00. The summed E-state index contributed by atoms with van der Waals surface area (Å²) in [5.74, 6) is 0. The zero-order valence-corrected chi connectivity index (χ0v) is 10.5. The first-order valence-corrected chi connectivity index (χ1v) is 6.62. The van der Waals surface area contributed by atoms with Gasteiger partial charge < -0.3 is 0 Å². The van der Waals surface area contributed by atoms with Gasteiger partial charge in [0.2, 0.25) is 0 Å². The smallest absolute Gasteiger partial charge is 0.0364 e. The molecule has 2 nitrogen and oxygen atoms in total. The van der Waals surface area contributed by atoms with Gasteiger partial charge in [-0.2, -0.15) is 0 Å². The molecule has 0 saturated carbocycles. The van der Waals surface area contributed by atoms with Crippen molar-refractivity contribution in [3.8, 4) is 0 Å². The minimum Gasteiger partial charge on any atom is -0.251 e. The highest BCUT2D eigenvalue weighted by Crippen LogP contribution is 2.20. The summed E-state index contributed by atoms with van der Waals surface area (Å²) < 4.78 is 0. The van der Waals surface area contributed by atoms with Crippen LogP contribution in [0.4, 0.5) is 0 Å². The van der Waals surface area contributed by atoms with Gasteiger partial charge in [0.05, 0.1) is 0 Å². The number of aryl methyl sites for hydroxylation is 2. The Morgan fingerprint density at radius 2 is 2.00 bits per heavy atom. The molecule has 0 unspecified atom stereocenters. The largest absolute Gasteiger partial charge is 0.251 e. The van der Waals surface area contributed by atoms with E-state index in [0.717, 1.165) is 6.54 Å². The number of hydrogen-bond donors (Lipinski definition) is 1. The van der Waals surface area contributed by atoms with E-state index in [1.54, 1.807) is 0 Å². The fraction of sp³-hybridized carbons (Fsp3) is 0.667. The Kier molecular flexibility index (Phi) is 3.78. The number of thiophene rings is 1. The summed E-state index contributed by atoms with van der Waals surface area (Å²) in [5.41, 5.74) is 4.99. The predicted octanol–water partition coefficient (Wildman–Crippen LogP) is 2.86. The fourth-order valence-corrected chi connectivity index (χ4v) is 3.05. The molecule has 0 radical (unpaired) electrons. The second-order valence-corrected chi connectivity index (χ2v) is 5.78. The van der Waals surface area contributed by atoms with Gasteiger partial charge >= 0.3 is 0 Å². The van der Waals surface area contributed by atoms with E-state index in [9.17, 15) is 0 Å². The third kappa shape index (κ3) is 3.03. The van der Waals surface area contributed by atoms with Gasteiger partial charge in [-0.1, -0.05) is 6.42 Å². The standard InChI is InChI=1S/C12H20N2S/c1-10-8-12(11(2)15-10)9-13-14-6-4-3-5-7-14/h8,13H,3-7,9H2,1-2H3. The number of nitrogens with zero attached hydrogens (tertiary/aromatic N) is 1. The molecular formula is C12H20N2S. The summed E-state index contributed by atoms with van der Waals surface area (Å²) in [6.45, 7) is 7.81. The molecule has 0 aromatic carbocycles. The van der Waals surface area contributed by atoms with E-state index in [0.29, 0.717) is 0 Å². The molecule has 0 atom stereocenters. The molecule has 1 aromatic rings. The first-order chi connectivity index (χ1) is 7.25. The summed E-state index contributed by atoms with van der Waals surface area (Å²) in [5, 5.41) is 2.37. The monoisotopic (exact) mass is 224 g/mol. The number of hydrazine groups is 1. The second-order valence-electron chi connectivity index (χ2n) is 4.32. The molecule has 15 heavy (non-hydrogen) atoms. The number of hydrogen-bond acceptors (Lipinski definition) is 3. The maximum absolute atomic E-state index is 3.53. The average molecular weight is 224 g/mol. The fourth-order valence-electron chi connectivity index (χ4n) is 2.11. The number of rotatable bonds is 3. The van der Waals surface area contributed by atoms with E-state index in [4.69, 9.17) is 0 Å². The van der Waals surface area contributed by atoms with E-state index < -0.39 is 0 Å². The molecule has 0 amide bonds. The van der Waals surface area contributed by atoms with Crippen molar-refractivity contribution in [1.29, 1.82) is 0 Å². The van der Waals surface area contributed by atoms with Crippen molar-refractivity contribution >= 4 is 11.3 Å². The van der Waals surface area contributed by atoms with E-state index in [1.165, 1.54) is 47.7 Å². The Bertz CT molecular complexity index is 313. The molecule has 1 aromatic heterocycles. The molecule has 1 saturated heterocycles. The molecule has 2 heterocycles. The summed E-state index contributed by atoms with van der Waals surface area (Å²) in [6.07, 6.45) is 4.08. The molecule has 0 bridgehead atoms. The van der Waals surface area contributed by atoms with E-state index in [1.807, 2.05) is 11.3 Å². The summed E-state index contributed by atoms with van der Waals surface area (Å²) in [4.78, 5) is 2.87. The molecule has 1 fully saturated rings. The first kappa shape index (κ1) is 11.1. The molecule has 1 aliphatic heterocycles. The van der Waals surface area contributed by atoms with Gasteiger partial charge in [0.25, 0.3) is 0 Å². The van der Waals surface area contributed by atoms with Crippen LogP contribution in [0.2, 0.25) is 0 Å². The summed E-state index contributed by atoms with van der Waals surface area (Å²) in [7, 11) is 0. The molecule has 0 spiro atoms. The average Bonchev–Trinajstić information content (AvgIpc) is 2.56. The van der Waals surface area contributed by atoms with Crippen LogP contribution in [0.15, 0.2) is 6.07 Å². The third-order valence-electron chi connectivity index (χ3n) is 2.99. The zero-order chi connectivity index (χ0) is 10.7. The van der Waals surface area contributed by atoms with E-state index in [-0.39, 0.29) is 0 Å². The van der Waals surface area contributed by atoms with Crippen molar-refractivity contribution in [1.82, 2.24) is 10.4 Å². The van der Waals surface area contributed by atoms with Gasteiger partial charge in [-0.3, -0.25) is 5.43 Å². The van der Waals surface area contributed by atoms with Gasteiger partial charge in [-0.25, -0.2) is 5.01 Å². The number of nitrogens with one attached hydrogen (secondary N) is 1. The van der Waals surface area contributed by atoms with Crippen LogP contribution in [0.25, 0.3) is 0 Å². The lowest BCUT2D eigenvalue weighted by atomic mass is 10.2. The van der Waals surface area contributed by atoms with Crippen molar-refractivity contribution in [2.75, 3.05) is 13.1 Å². The lowest BCUT2D eigenvalue weighted by molar-refractivity contribution is 0.151. The highest BCUT2D eigenvalue weighted by Gasteiger charge is 2.10. The molecule has 2 rings (SSSR count). The second kappa shape index (κ2) is 5.10. The van der Waals surface area contributed by atoms with Crippen LogP contribution in [-0.4, -0.2) is 18.1 Å². The van der Waals surface area contributed by atoms with Crippen molar-refractivity contribution in [2.24, 2.45) is 0 Å². The molecule has 84 valence electrons. The lowest BCUT2D eigenvalue weighted by Gasteiger charge is -2.27. The van der Waals surface area contributed by atoms with Crippen molar-refractivity contribution in [3.05, 3.63) is 21.4 Å². The normalized spacial score (nSPS) is 18.3. The Balaban J connectivity index is 1.84. The SMILES string of the molecule is Cc1cc(CNN2CCCCC2)c(C)s1. The van der Waals surface area contributed by atoms with Gasteiger partial charge in [0.1, 0.15) is 0 Å². The van der Waals surface area contributed by atoms with Crippen LogP contribution in [0.1, 0.15) is 34.6 Å². The molecule has 1 aliphatic rings. The van der Waals surface area contributed by atoms with E-state index in [2.05, 4.69) is 30.3 Å². The predicted molar refractivity (Wildman–Crippen MR) is 66.1 cm³/mol. The van der Waals surface area contributed by atoms with Crippen LogP contribution in [0.5, 0.6) is 0 Å². The zero-order valence-electron chi connectivity index (χ0n) is 9.68. The minimum absolute atomic E-state index is 0.996. The quantitative estimate of drug-likeness (QED) is 0.849.